The number of imide groups is 1. The maximum absolute atomic E-state index is 12.7. The molecule has 0 spiro atoms. The van der Waals surface area contributed by atoms with E-state index in [1.54, 1.807) is 18.2 Å². The zero-order valence-corrected chi connectivity index (χ0v) is 14.3. The fourth-order valence-electron chi connectivity index (χ4n) is 3.44. The zero-order chi connectivity index (χ0) is 17.5. The highest BCUT2D eigenvalue weighted by molar-refractivity contribution is 6.22. The molecule has 3 amide bonds. The summed E-state index contributed by atoms with van der Waals surface area (Å²) in [4.78, 5) is 38.3. The number of nitrogens with zero attached hydrogens (tertiary/aromatic N) is 1. The van der Waals surface area contributed by atoms with E-state index >= 15 is 0 Å². The first kappa shape index (κ1) is 16.6. The molecule has 2 heterocycles. The first-order valence-electron chi connectivity index (χ1n) is 8.41. The molecule has 3 rings (SSSR count). The average Bonchev–Trinajstić information content (AvgIpc) is 3.14. The minimum atomic E-state index is -0.416. The number of carbonyl (C=O) groups is 3. The third kappa shape index (κ3) is 2.82. The van der Waals surface area contributed by atoms with Gasteiger partial charge in [0.05, 0.1) is 17.2 Å². The van der Waals surface area contributed by atoms with Crippen molar-refractivity contribution < 1.29 is 14.4 Å². The summed E-state index contributed by atoms with van der Waals surface area (Å²) in [6.45, 7) is 7.36. The highest BCUT2D eigenvalue weighted by atomic mass is 16.2. The molecular weight excluding hydrogens is 306 g/mol. The average molecular weight is 329 g/mol. The molecule has 128 valence electrons. The number of fused-ring (bicyclic) bond motifs is 1. The number of nitrogens with one attached hydrogen (secondary N) is 2. The van der Waals surface area contributed by atoms with Gasteiger partial charge in [0.15, 0.2) is 0 Å². The van der Waals surface area contributed by atoms with E-state index in [1.807, 2.05) is 0 Å². The Morgan fingerprint density at radius 2 is 2.00 bits per heavy atom. The molecular formula is C18H23N3O3. The number of carbonyl (C=O) groups excluding carboxylic acids is 3. The maximum Gasteiger partial charge on any atom is 0.259 e. The van der Waals surface area contributed by atoms with Gasteiger partial charge in [-0.15, -0.1) is 0 Å². The molecule has 6 nitrogen and oxygen atoms in total. The van der Waals surface area contributed by atoms with Crippen LogP contribution in [0, 0.1) is 0 Å². The Labute approximate surface area is 141 Å². The lowest BCUT2D eigenvalue weighted by atomic mass is 9.98. The van der Waals surface area contributed by atoms with Crippen LogP contribution in [0.2, 0.25) is 0 Å². The number of likely N-dealkylation sites (tertiary alicyclic amines) is 1. The van der Waals surface area contributed by atoms with E-state index in [1.165, 1.54) is 0 Å². The Balaban J connectivity index is 1.77. The van der Waals surface area contributed by atoms with Gasteiger partial charge in [0.1, 0.15) is 0 Å². The predicted octanol–water partition coefficient (Wildman–Crippen LogP) is 2.16. The van der Waals surface area contributed by atoms with Gasteiger partial charge in [0.25, 0.3) is 11.8 Å². The van der Waals surface area contributed by atoms with Crippen LogP contribution in [0.25, 0.3) is 0 Å². The zero-order valence-electron chi connectivity index (χ0n) is 14.3. The Bertz CT molecular complexity index is 711. The molecule has 1 aromatic rings. The second kappa shape index (κ2) is 6.02. The summed E-state index contributed by atoms with van der Waals surface area (Å²) in [6.07, 6.45) is 2.81. The molecule has 0 bridgehead atoms. The molecule has 1 saturated heterocycles. The molecule has 24 heavy (non-hydrogen) atoms. The van der Waals surface area contributed by atoms with Gasteiger partial charge in [-0.3, -0.25) is 24.6 Å². The van der Waals surface area contributed by atoms with Crippen LogP contribution in [0.3, 0.4) is 0 Å². The minimum absolute atomic E-state index is 0.0251. The van der Waals surface area contributed by atoms with Gasteiger partial charge in [-0.05, 0) is 57.9 Å². The minimum Gasteiger partial charge on any atom is -0.325 e. The molecule has 1 unspecified atom stereocenters. The number of benzene rings is 1. The van der Waals surface area contributed by atoms with E-state index in [4.69, 9.17) is 0 Å². The highest BCUT2D eigenvalue weighted by Crippen LogP contribution is 2.30. The highest BCUT2D eigenvalue weighted by Gasteiger charge is 2.38. The van der Waals surface area contributed by atoms with Crippen LogP contribution >= 0.6 is 0 Å². The lowest BCUT2D eigenvalue weighted by Crippen LogP contribution is -2.50. The molecule has 1 aromatic carbocycles. The Kier molecular flexibility index (Phi) is 4.17. The van der Waals surface area contributed by atoms with Crippen molar-refractivity contribution in [1.29, 1.82) is 0 Å². The molecule has 6 heteroatoms. The monoisotopic (exact) mass is 329 g/mol. The quantitative estimate of drug-likeness (QED) is 0.830. The molecule has 0 saturated carbocycles. The number of hydrogen-bond acceptors (Lipinski definition) is 4. The van der Waals surface area contributed by atoms with Crippen molar-refractivity contribution in [3.8, 4) is 0 Å². The number of anilines is 1. The SMILES string of the molecule is CCC(C)(C)N1CCCC1C(=O)Nc1ccc2c(c1)C(=O)NC2=O. The first-order valence-corrected chi connectivity index (χ1v) is 8.41. The van der Waals surface area contributed by atoms with Gasteiger partial charge in [-0.2, -0.15) is 0 Å². The molecule has 0 radical (unpaired) electrons. The summed E-state index contributed by atoms with van der Waals surface area (Å²) >= 11 is 0. The fourth-order valence-corrected chi connectivity index (χ4v) is 3.44. The normalized spacial score (nSPS) is 20.9. The van der Waals surface area contributed by atoms with E-state index in [-0.39, 0.29) is 23.4 Å². The second-order valence-corrected chi connectivity index (χ2v) is 7.05. The third-order valence-electron chi connectivity index (χ3n) is 5.20. The van der Waals surface area contributed by atoms with Crippen molar-refractivity contribution in [2.24, 2.45) is 0 Å². The van der Waals surface area contributed by atoms with Crippen molar-refractivity contribution in [2.75, 3.05) is 11.9 Å². The molecule has 2 aliphatic heterocycles. The van der Waals surface area contributed by atoms with Gasteiger partial charge < -0.3 is 5.32 Å². The van der Waals surface area contributed by atoms with Crippen LogP contribution in [0.5, 0.6) is 0 Å². The smallest absolute Gasteiger partial charge is 0.259 e. The third-order valence-corrected chi connectivity index (χ3v) is 5.20. The molecule has 2 N–H and O–H groups in total. The van der Waals surface area contributed by atoms with E-state index in [2.05, 4.69) is 36.3 Å². The van der Waals surface area contributed by atoms with E-state index in [0.29, 0.717) is 16.8 Å². The summed E-state index contributed by atoms with van der Waals surface area (Å²) in [5, 5.41) is 5.16. The van der Waals surface area contributed by atoms with Crippen LogP contribution in [0.4, 0.5) is 5.69 Å². The van der Waals surface area contributed by atoms with Gasteiger partial charge >= 0.3 is 0 Å². The predicted molar refractivity (Wildman–Crippen MR) is 91.0 cm³/mol. The second-order valence-electron chi connectivity index (χ2n) is 7.05. The molecule has 0 aliphatic carbocycles. The Morgan fingerprint density at radius 1 is 1.29 bits per heavy atom. The van der Waals surface area contributed by atoms with E-state index in [9.17, 15) is 14.4 Å². The summed E-state index contributed by atoms with van der Waals surface area (Å²) in [5.41, 5.74) is 1.19. The standard InChI is InChI=1S/C18H23N3O3/c1-4-18(2,3)21-9-5-6-14(21)17(24)19-11-7-8-12-13(10-11)16(23)20-15(12)22/h7-8,10,14H,4-6,9H2,1-3H3,(H,19,24)(H,20,22,23). The number of amides is 3. The number of hydrogen-bond donors (Lipinski definition) is 2. The lowest BCUT2D eigenvalue weighted by Gasteiger charge is -2.38. The summed E-state index contributed by atoms with van der Waals surface area (Å²) < 4.78 is 0. The number of rotatable bonds is 4. The molecule has 1 atom stereocenters. The first-order chi connectivity index (χ1) is 11.3. The summed E-state index contributed by atoms with van der Waals surface area (Å²) in [7, 11) is 0. The largest absolute Gasteiger partial charge is 0.325 e. The van der Waals surface area contributed by atoms with Crippen LogP contribution in [-0.4, -0.2) is 40.7 Å². The fraction of sp³-hybridized carbons (Fsp3) is 0.500. The van der Waals surface area contributed by atoms with Crippen LogP contribution < -0.4 is 10.6 Å². The topological polar surface area (TPSA) is 78.5 Å². The van der Waals surface area contributed by atoms with Crippen molar-refractivity contribution in [3.05, 3.63) is 29.3 Å². The lowest BCUT2D eigenvalue weighted by molar-refractivity contribution is -0.122. The maximum atomic E-state index is 12.7. The summed E-state index contributed by atoms with van der Waals surface area (Å²) in [5.74, 6) is -0.862. The van der Waals surface area contributed by atoms with Gasteiger partial charge in [-0.1, -0.05) is 6.92 Å². The van der Waals surface area contributed by atoms with E-state index in [0.717, 1.165) is 25.8 Å². The van der Waals surface area contributed by atoms with Crippen LogP contribution in [0.1, 0.15) is 60.7 Å². The van der Waals surface area contributed by atoms with Crippen molar-refractivity contribution in [1.82, 2.24) is 10.2 Å². The van der Waals surface area contributed by atoms with Crippen LogP contribution in [0.15, 0.2) is 18.2 Å². The van der Waals surface area contributed by atoms with Crippen LogP contribution in [-0.2, 0) is 4.79 Å². The van der Waals surface area contributed by atoms with Gasteiger partial charge in [-0.25, -0.2) is 0 Å². The van der Waals surface area contributed by atoms with Crippen molar-refractivity contribution >= 4 is 23.4 Å². The molecule has 1 fully saturated rings. The summed E-state index contributed by atoms with van der Waals surface area (Å²) in [6, 6.07) is 4.65. The van der Waals surface area contributed by atoms with E-state index < -0.39 is 5.91 Å². The van der Waals surface area contributed by atoms with Crippen molar-refractivity contribution in [3.63, 3.8) is 0 Å². The van der Waals surface area contributed by atoms with Gasteiger partial charge in [0.2, 0.25) is 5.91 Å². The Morgan fingerprint density at radius 3 is 2.71 bits per heavy atom. The van der Waals surface area contributed by atoms with Gasteiger partial charge in [0, 0.05) is 11.2 Å². The molecule has 0 aromatic heterocycles. The Hall–Kier alpha value is -2.21. The van der Waals surface area contributed by atoms with Crippen molar-refractivity contribution in [2.45, 2.75) is 51.6 Å². The molecule has 2 aliphatic rings.